The van der Waals surface area contributed by atoms with Gasteiger partial charge in [-0.15, -0.1) is 0 Å². The number of hydrogen-bond acceptors (Lipinski definition) is 4. The first-order valence-corrected chi connectivity index (χ1v) is 9.67. The summed E-state index contributed by atoms with van der Waals surface area (Å²) < 4.78 is 0. The first-order chi connectivity index (χ1) is 13.7. The molecule has 0 atom stereocenters. The molecule has 2 aromatic carbocycles. The summed E-state index contributed by atoms with van der Waals surface area (Å²) in [6, 6.07) is 19.8. The summed E-state index contributed by atoms with van der Waals surface area (Å²) in [7, 11) is 0. The first kappa shape index (κ1) is 19.9. The van der Waals surface area contributed by atoms with E-state index in [1.165, 1.54) is 11.8 Å². The Morgan fingerprint density at radius 1 is 1.07 bits per heavy atom. The fourth-order valence-corrected chi connectivity index (χ4v) is 3.39. The summed E-state index contributed by atoms with van der Waals surface area (Å²) in [5.41, 5.74) is 2.38. The van der Waals surface area contributed by atoms with E-state index in [-0.39, 0.29) is 11.5 Å². The van der Waals surface area contributed by atoms with Gasteiger partial charge in [-0.1, -0.05) is 54.1 Å². The summed E-state index contributed by atoms with van der Waals surface area (Å²) >= 11 is 5.97. The van der Waals surface area contributed by atoms with E-state index in [0.29, 0.717) is 24.7 Å². The molecule has 1 aliphatic rings. The molecule has 1 heterocycles. The summed E-state index contributed by atoms with van der Waals surface area (Å²) in [6.45, 7) is 4.23. The standard InChI is InChI=1S/C22H23ClN4O/c23-21-8-4-7-19(13-21)15-25-16-20(14-24)22(28)27-11-9-26(10-12-27)17-18-5-2-1-3-6-18/h1-8,13,16,25H,9-12,15,17H2/b20-16-. The van der Waals surface area contributed by atoms with Crippen molar-refractivity contribution in [1.29, 1.82) is 5.26 Å². The van der Waals surface area contributed by atoms with Crippen LogP contribution in [0, 0.1) is 11.3 Å². The second kappa shape index (κ2) is 9.93. The number of nitrogens with one attached hydrogen (secondary N) is 1. The molecule has 2 aromatic rings. The minimum atomic E-state index is -0.222. The molecule has 5 nitrogen and oxygen atoms in total. The maximum atomic E-state index is 12.6. The number of rotatable bonds is 6. The minimum absolute atomic E-state index is 0.124. The maximum absolute atomic E-state index is 12.6. The highest BCUT2D eigenvalue weighted by Gasteiger charge is 2.23. The van der Waals surface area contributed by atoms with E-state index in [4.69, 9.17) is 11.6 Å². The smallest absolute Gasteiger partial charge is 0.266 e. The lowest BCUT2D eigenvalue weighted by Crippen LogP contribution is -2.48. The molecule has 1 fully saturated rings. The number of piperazine rings is 1. The highest BCUT2D eigenvalue weighted by Crippen LogP contribution is 2.12. The van der Waals surface area contributed by atoms with E-state index in [1.807, 2.05) is 48.5 Å². The molecule has 6 heteroatoms. The van der Waals surface area contributed by atoms with Crippen LogP contribution in [0.2, 0.25) is 5.02 Å². The van der Waals surface area contributed by atoms with E-state index in [9.17, 15) is 10.1 Å². The van der Waals surface area contributed by atoms with Crippen LogP contribution in [-0.2, 0) is 17.9 Å². The third-order valence-electron chi connectivity index (χ3n) is 4.70. The topological polar surface area (TPSA) is 59.4 Å². The van der Waals surface area contributed by atoms with Crippen molar-refractivity contribution in [2.45, 2.75) is 13.1 Å². The van der Waals surface area contributed by atoms with Gasteiger partial charge < -0.3 is 10.2 Å². The third-order valence-corrected chi connectivity index (χ3v) is 4.94. The quantitative estimate of drug-likeness (QED) is 0.604. The van der Waals surface area contributed by atoms with Gasteiger partial charge in [0.25, 0.3) is 5.91 Å². The molecule has 144 valence electrons. The minimum Gasteiger partial charge on any atom is -0.386 e. The Bertz CT molecular complexity index is 868. The van der Waals surface area contributed by atoms with Gasteiger partial charge in [-0.25, -0.2) is 0 Å². The van der Waals surface area contributed by atoms with Crippen LogP contribution >= 0.6 is 11.6 Å². The summed E-state index contributed by atoms with van der Waals surface area (Å²) in [6.07, 6.45) is 1.50. The average molecular weight is 395 g/mol. The molecule has 1 amide bonds. The molecule has 1 saturated heterocycles. The fraction of sp³-hybridized carbons (Fsp3) is 0.273. The van der Waals surface area contributed by atoms with E-state index < -0.39 is 0 Å². The number of nitrogens with zero attached hydrogens (tertiary/aromatic N) is 3. The van der Waals surface area contributed by atoms with Gasteiger partial charge in [-0.3, -0.25) is 9.69 Å². The van der Waals surface area contributed by atoms with Crippen LogP contribution in [0.3, 0.4) is 0 Å². The van der Waals surface area contributed by atoms with E-state index in [2.05, 4.69) is 22.3 Å². The Kier molecular flexibility index (Phi) is 7.07. The third kappa shape index (κ3) is 5.59. The molecule has 1 N–H and O–H groups in total. The first-order valence-electron chi connectivity index (χ1n) is 9.29. The number of benzene rings is 2. The van der Waals surface area contributed by atoms with Crippen molar-refractivity contribution in [3.05, 3.63) is 82.5 Å². The summed E-state index contributed by atoms with van der Waals surface area (Å²) in [5.74, 6) is -0.222. The Balaban J connectivity index is 1.50. The summed E-state index contributed by atoms with van der Waals surface area (Å²) in [4.78, 5) is 16.7. The Morgan fingerprint density at radius 3 is 2.46 bits per heavy atom. The molecule has 1 aliphatic heterocycles. The van der Waals surface area contributed by atoms with E-state index >= 15 is 0 Å². The van der Waals surface area contributed by atoms with Gasteiger partial charge in [0.2, 0.25) is 0 Å². The number of amides is 1. The number of carbonyl (C=O) groups excluding carboxylic acids is 1. The molecule has 3 rings (SSSR count). The lowest BCUT2D eigenvalue weighted by Gasteiger charge is -2.34. The predicted octanol–water partition coefficient (Wildman–Crippen LogP) is 3.18. The van der Waals surface area contributed by atoms with Crippen LogP contribution in [0.1, 0.15) is 11.1 Å². The SMILES string of the molecule is N#C/C(=C/NCc1cccc(Cl)c1)C(=O)N1CCN(Cc2ccccc2)CC1. The molecule has 0 saturated carbocycles. The zero-order chi connectivity index (χ0) is 19.8. The van der Waals surface area contributed by atoms with Gasteiger partial charge in [-0.2, -0.15) is 5.26 Å². The van der Waals surface area contributed by atoms with Gasteiger partial charge in [0.1, 0.15) is 11.6 Å². The highest BCUT2D eigenvalue weighted by molar-refractivity contribution is 6.30. The molecule has 28 heavy (non-hydrogen) atoms. The number of carbonyl (C=O) groups is 1. The van der Waals surface area contributed by atoms with Gasteiger partial charge in [0.15, 0.2) is 0 Å². The molecular weight excluding hydrogens is 372 g/mol. The highest BCUT2D eigenvalue weighted by atomic mass is 35.5. The van der Waals surface area contributed by atoms with Gasteiger partial charge in [0, 0.05) is 50.5 Å². The van der Waals surface area contributed by atoms with Crippen molar-refractivity contribution in [3.8, 4) is 6.07 Å². The van der Waals surface area contributed by atoms with Crippen LogP contribution < -0.4 is 5.32 Å². The van der Waals surface area contributed by atoms with Crippen molar-refractivity contribution < 1.29 is 4.79 Å². The predicted molar refractivity (Wildman–Crippen MR) is 110 cm³/mol. The van der Waals surface area contributed by atoms with Gasteiger partial charge in [0.05, 0.1) is 0 Å². The largest absolute Gasteiger partial charge is 0.386 e. The molecule has 0 spiro atoms. The van der Waals surface area contributed by atoms with Crippen molar-refractivity contribution >= 4 is 17.5 Å². The Labute approximate surface area is 170 Å². The lowest BCUT2D eigenvalue weighted by atomic mass is 10.2. The van der Waals surface area contributed by atoms with Gasteiger partial charge in [-0.05, 0) is 23.3 Å². The monoisotopic (exact) mass is 394 g/mol. The van der Waals surface area contributed by atoms with Crippen molar-refractivity contribution in [1.82, 2.24) is 15.1 Å². The molecular formula is C22H23ClN4O. The number of halogens is 1. The van der Waals surface area contributed by atoms with Crippen molar-refractivity contribution in [2.75, 3.05) is 26.2 Å². The van der Waals surface area contributed by atoms with E-state index in [1.54, 1.807) is 4.90 Å². The summed E-state index contributed by atoms with van der Waals surface area (Å²) in [5, 5.41) is 13.1. The normalized spacial score (nSPS) is 15.1. The maximum Gasteiger partial charge on any atom is 0.266 e. The van der Waals surface area contributed by atoms with Crippen LogP contribution in [-0.4, -0.2) is 41.9 Å². The lowest BCUT2D eigenvalue weighted by molar-refractivity contribution is -0.128. The van der Waals surface area contributed by atoms with Crippen molar-refractivity contribution in [3.63, 3.8) is 0 Å². The molecule has 0 radical (unpaired) electrons. The Morgan fingerprint density at radius 2 is 1.79 bits per heavy atom. The second-order valence-electron chi connectivity index (χ2n) is 6.73. The molecule has 0 aromatic heterocycles. The second-order valence-corrected chi connectivity index (χ2v) is 7.17. The zero-order valence-corrected chi connectivity index (χ0v) is 16.4. The van der Waals surface area contributed by atoms with Crippen LogP contribution in [0.15, 0.2) is 66.4 Å². The zero-order valence-electron chi connectivity index (χ0n) is 15.6. The number of nitriles is 1. The van der Waals surface area contributed by atoms with Crippen LogP contribution in [0.4, 0.5) is 0 Å². The molecule has 0 bridgehead atoms. The van der Waals surface area contributed by atoms with Crippen LogP contribution in [0.25, 0.3) is 0 Å². The Hall–Kier alpha value is -2.81. The van der Waals surface area contributed by atoms with Crippen molar-refractivity contribution in [2.24, 2.45) is 0 Å². The van der Waals surface area contributed by atoms with Crippen LogP contribution in [0.5, 0.6) is 0 Å². The molecule has 0 aliphatic carbocycles. The fourth-order valence-electron chi connectivity index (χ4n) is 3.18. The molecule has 0 unspecified atom stereocenters. The number of hydrogen-bond donors (Lipinski definition) is 1. The average Bonchev–Trinajstić information content (AvgIpc) is 2.72. The van der Waals surface area contributed by atoms with Gasteiger partial charge >= 0.3 is 0 Å². The van der Waals surface area contributed by atoms with E-state index in [0.717, 1.165) is 25.2 Å².